The van der Waals surface area contributed by atoms with Gasteiger partial charge in [-0.05, 0) is 50.2 Å². The number of nitrogens with one attached hydrogen (secondary N) is 2. The van der Waals surface area contributed by atoms with E-state index in [9.17, 15) is 19.5 Å². The highest BCUT2D eigenvalue weighted by molar-refractivity contribution is 5.87. The van der Waals surface area contributed by atoms with Crippen LogP contribution in [0.3, 0.4) is 0 Å². The lowest BCUT2D eigenvalue weighted by Crippen LogP contribution is -2.45. The average Bonchev–Trinajstić information content (AvgIpc) is 3.54. The summed E-state index contributed by atoms with van der Waals surface area (Å²) in [5.41, 5.74) is 1.99. The van der Waals surface area contributed by atoms with Crippen molar-refractivity contribution in [1.29, 1.82) is 0 Å². The molecule has 1 aromatic carbocycles. The van der Waals surface area contributed by atoms with Gasteiger partial charge in [0, 0.05) is 36.5 Å². The summed E-state index contributed by atoms with van der Waals surface area (Å²) < 4.78 is 5.52. The van der Waals surface area contributed by atoms with E-state index < -0.39 is 12.0 Å². The van der Waals surface area contributed by atoms with E-state index in [2.05, 4.69) is 23.5 Å². The quantitative estimate of drug-likeness (QED) is 0.193. The summed E-state index contributed by atoms with van der Waals surface area (Å²) in [7, 11) is 0. The van der Waals surface area contributed by atoms with Crippen LogP contribution in [0.4, 0.5) is 0 Å². The van der Waals surface area contributed by atoms with Crippen molar-refractivity contribution >= 4 is 28.7 Å². The largest absolute Gasteiger partial charge is 0.463 e. The SMILES string of the molecule is C=CCCCC(=O)OC[C@H](Cc1c[nH]c2ccccc12)NC(=O)[C@H](CC=C)CC(=O)N1CCC[C@H]1CO. The molecule has 0 radical (unpaired) electrons. The number of amides is 2. The van der Waals surface area contributed by atoms with Crippen molar-refractivity contribution in [2.24, 2.45) is 5.92 Å². The van der Waals surface area contributed by atoms with Crippen LogP contribution in [0.5, 0.6) is 0 Å². The summed E-state index contributed by atoms with van der Waals surface area (Å²) in [6.45, 7) is 7.98. The molecule has 0 unspecified atom stereocenters. The van der Waals surface area contributed by atoms with E-state index in [0.29, 0.717) is 25.8 Å². The van der Waals surface area contributed by atoms with Gasteiger partial charge in [-0.15, -0.1) is 13.2 Å². The molecule has 1 aliphatic rings. The number of likely N-dealkylation sites (tertiary alicyclic amines) is 1. The van der Waals surface area contributed by atoms with Gasteiger partial charge in [0.15, 0.2) is 0 Å². The first-order valence-electron chi connectivity index (χ1n) is 13.1. The van der Waals surface area contributed by atoms with Gasteiger partial charge >= 0.3 is 5.97 Å². The number of allylic oxidation sites excluding steroid dienone is 2. The number of fused-ring (bicyclic) bond motifs is 1. The van der Waals surface area contributed by atoms with Crippen molar-refractivity contribution in [3.8, 4) is 0 Å². The van der Waals surface area contributed by atoms with Gasteiger partial charge < -0.3 is 25.0 Å². The molecule has 8 heteroatoms. The molecule has 0 bridgehead atoms. The molecule has 0 spiro atoms. The minimum absolute atomic E-state index is 0.0334. The van der Waals surface area contributed by atoms with Crippen molar-refractivity contribution < 1.29 is 24.2 Å². The number of hydrogen-bond donors (Lipinski definition) is 3. The number of aromatic nitrogens is 1. The molecule has 2 heterocycles. The number of ether oxygens (including phenoxy) is 1. The van der Waals surface area contributed by atoms with Crippen molar-refractivity contribution in [1.82, 2.24) is 15.2 Å². The van der Waals surface area contributed by atoms with Gasteiger partial charge in [0.05, 0.1) is 24.6 Å². The first kappa shape index (κ1) is 28.2. The van der Waals surface area contributed by atoms with Crippen LogP contribution >= 0.6 is 0 Å². The Morgan fingerprint density at radius 3 is 2.81 bits per heavy atom. The molecular formula is C29H39N3O5. The molecule has 1 aliphatic heterocycles. The summed E-state index contributed by atoms with van der Waals surface area (Å²) in [5, 5.41) is 13.7. The normalized spacial score (nSPS) is 16.8. The van der Waals surface area contributed by atoms with Gasteiger partial charge in [-0.3, -0.25) is 14.4 Å². The Bertz CT molecular complexity index is 1080. The van der Waals surface area contributed by atoms with Crippen LogP contribution in [-0.4, -0.2) is 64.6 Å². The van der Waals surface area contributed by atoms with Crippen molar-refractivity contribution in [2.75, 3.05) is 19.8 Å². The highest BCUT2D eigenvalue weighted by atomic mass is 16.5. The molecule has 200 valence electrons. The minimum Gasteiger partial charge on any atom is -0.463 e. The summed E-state index contributed by atoms with van der Waals surface area (Å²) >= 11 is 0. The molecule has 0 aliphatic carbocycles. The molecule has 1 aromatic heterocycles. The number of H-pyrrole nitrogens is 1. The number of hydrogen-bond acceptors (Lipinski definition) is 5. The molecule has 2 aromatic rings. The molecule has 2 amide bonds. The number of para-hydroxylation sites is 1. The Morgan fingerprint density at radius 2 is 2.05 bits per heavy atom. The highest BCUT2D eigenvalue weighted by Gasteiger charge is 2.31. The third kappa shape index (κ3) is 8.05. The zero-order valence-electron chi connectivity index (χ0n) is 21.5. The molecule has 3 N–H and O–H groups in total. The standard InChI is InChI=1S/C29H39N3O5/c1-3-5-6-14-28(35)37-20-23(16-22-18-30-26-13-8-7-12-25(22)26)31-29(36)21(10-4-2)17-27(34)32-15-9-11-24(32)19-33/h3-4,7-8,12-13,18,21,23-24,30,33H,1-2,5-6,9-11,14-17,19-20H2,(H,31,36)/t21-,23+,24+/m1/s1. The molecule has 3 rings (SSSR count). The number of aromatic amines is 1. The lowest BCUT2D eigenvalue weighted by Gasteiger charge is -2.26. The Balaban J connectivity index is 1.69. The maximum absolute atomic E-state index is 13.4. The lowest BCUT2D eigenvalue weighted by molar-refractivity contribution is -0.145. The van der Waals surface area contributed by atoms with E-state index in [0.717, 1.165) is 35.7 Å². The van der Waals surface area contributed by atoms with E-state index in [1.54, 1.807) is 17.1 Å². The van der Waals surface area contributed by atoms with Crippen LogP contribution in [0.2, 0.25) is 0 Å². The number of carbonyl (C=O) groups excluding carboxylic acids is 3. The number of aliphatic hydroxyl groups is 1. The number of aliphatic hydroxyl groups excluding tert-OH is 1. The highest BCUT2D eigenvalue weighted by Crippen LogP contribution is 2.22. The second kappa shape index (κ2) is 14.4. The average molecular weight is 510 g/mol. The lowest BCUT2D eigenvalue weighted by atomic mass is 9.97. The van der Waals surface area contributed by atoms with Gasteiger partial charge in [0.1, 0.15) is 6.61 Å². The number of carbonyl (C=O) groups is 3. The smallest absolute Gasteiger partial charge is 0.305 e. The number of benzene rings is 1. The molecule has 0 saturated carbocycles. The second-order valence-corrected chi connectivity index (χ2v) is 9.62. The van der Waals surface area contributed by atoms with E-state index in [1.165, 1.54) is 0 Å². The fourth-order valence-electron chi connectivity index (χ4n) is 4.86. The van der Waals surface area contributed by atoms with E-state index >= 15 is 0 Å². The summed E-state index contributed by atoms with van der Waals surface area (Å²) in [5.74, 6) is -1.33. The number of nitrogens with zero attached hydrogens (tertiary/aromatic N) is 1. The Labute approximate surface area is 218 Å². The molecule has 8 nitrogen and oxygen atoms in total. The van der Waals surface area contributed by atoms with Crippen LogP contribution in [0.1, 0.15) is 50.5 Å². The van der Waals surface area contributed by atoms with Crippen LogP contribution in [0.15, 0.2) is 55.8 Å². The van der Waals surface area contributed by atoms with E-state index in [4.69, 9.17) is 4.74 Å². The van der Waals surface area contributed by atoms with Crippen LogP contribution in [-0.2, 0) is 25.5 Å². The first-order chi connectivity index (χ1) is 18.0. The van der Waals surface area contributed by atoms with Gasteiger partial charge in [-0.1, -0.05) is 30.4 Å². The fraction of sp³-hybridized carbons (Fsp3) is 0.483. The minimum atomic E-state index is -0.598. The van der Waals surface area contributed by atoms with Gasteiger partial charge in [-0.25, -0.2) is 0 Å². The molecule has 1 saturated heterocycles. The van der Waals surface area contributed by atoms with Gasteiger partial charge in [0.2, 0.25) is 11.8 Å². The van der Waals surface area contributed by atoms with Gasteiger partial charge in [-0.2, -0.15) is 0 Å². The summed E-state index contributed by atoms with van der Waals surface area (Å²) in [6, 6.07) is 7.25. The monoisotopic (exact) mass is 509 g/mol. The van der Waals surface area contributed by atoms with Crippen LogP contribution in [0.25, 0.3) is 10.9 Å². The number of unbranched alkanes of at least 4 members (excludes halogenated alkanes) is 1. The maximum Gasteiger partial charge on any atom is 0.305 e. The zero-order valence-corrected chi connectivity index (χ0v) is 21.5. The maximum atomic E-state index is 13.4. The second-order valence-electron chi connectivity index (χ2n) is 9.62. The summed E-state index contributed by atoms with van der Waals surface area (Å²) in [6.07, 6.45) is 9.45. The Hall–Kier alpha value is -3.39. The number of esters is 1. The van der Waals surface area contributed by atoms with Gasteiger partial charge in [0.25, 0.3) is 0 Å². The van der Waals surface area contributed by atoms with E-state index in [1.807, 2.05) is 30.5 Å². The number of rotatable bonds is 15. The topological polar surface area (TPSA) is 112 Å². The molecular weight excluding hydrogens is 470 g/mol. The third-order valence-electron chi connectivity index (χ3n) is 6.87. The van der Waals surface area contributed by atoms with Crippen LogP contribution in [0, 0.1) is 5.92 Å². The van der Waals surface area contributed by atoms with Crippen molar-refractivity contribution in [3.05, 3.63) is 61.3 Å². The Kier molecular flexibility index (Phi) is 11.0. The third-order valence-corrected chi connectivity index (χ3v) is 6.87. The van der Waals surface area contributed by atoms with Crippen molar-refractivity contribution in [3.63, 3.8) is 0 Å². The predicted molar refractivity (Wildman–Crippen MR) is 144 cm³/mol. The molecule has 37 heavy (non-hydrogen) atoms. The van der Waals surface area contributed by atoms with Crippen molar-refractivity contribution in [2.45, 2.75) is 63.5 Å². The first-order valence-corrected chi connectivity index (χ1v) is 13.1. The molecule has 1 fully saturated rings. The fourth-order valence-corrected chi connectivity index (χ4v) is 4.86. The summed E-state index contributed by atoms with van der Waals surface area (Å²) in [4.78, 5) is 43.5. The Morgan fingerprint density at radius 1 is 1.24 bits per heavy atom. The zero-order chi connectivity index (χ0) is 26.6. The predicted octanol–water partition coefficient (Wildman–Crippen LogP) is 3.66. The van der Waals surface area contributed by atoms with E-state index in [-0.39, 0.29) is 49.9 Å². The van der Waals surface area contributed by atoms with Crippen LogP contribution < -0.4 is 5.32 Å². The molecule has 3 atom stereocenters.